The lowest BCUT2D eigenvalue weighted by molar-refractivity contribution is -0.384. The molecule has 0 unspecified atom stereocenters. The molecule has 0 aliphatic carbocycles. The number of likely N-dealkylation sites (N-methyl/N-ethyl adjacent to an activating group) is 1. The molecule has 1 N–H and O–H groups in total. The lowest BCUT2D eigenvalue weighted by atomic mass is 10.1. The SMILES string of the molecule is CCN(CC(C)(C)O)c1c([N+](=O)[O-])ccc(F)c1F. The lowest BCUT2D eigenvalue weighted by Crippen LogP contribution is -2.39. The Balaban J connectivity index is 3.36. The summed E-state index contributed by atoms with van der Waals surface area (Å²) in [5.74, 6) is -2.44. The van der Waals surface area contributed by atoms with Crippen molar-refractivity contribution in [3.05, 3.63) is 33.9 Å². The van der Waals surface area contributed by atoms with Crippen LogP contribution in [0.3, 0.4) is 0 Å². The number of nitro groups is 1. The maximum absolute atomic E-state index is 13.8. The van der Waals surface area contributed by atoms with Gasteiger partial charge >= 0.3 is 0 Å². The summed E-state index contributed by atoms with van der Waals surface area (Å²) in [4.78, 5) is 11.4. The van der Waals surface area contributed by atoms with E-state index in [1.54, 1.807) is 6.92 Å². The van der Waals surface area contributed by atoms with Gasteiger partial charge in [0.25, 0.3) is 5.69 Å². The second kappa shape index (κ2) is 5.48. The number of nitro benzene ring substituents is 1. The molecule has 0 fully saturated rings. The Bertz CT molecular complexity index is 487. The van der Waals surface area contributed by atoms with Crippen molar-refractivity contribution in [3.63, 3.8) is 0 Å². The molecule has 0 aliphatic rings. The minimum atomic E-state index is -1.28. The van der Waals surface area contributed by atoms with Gasteiger partial charge in [-0.05, 0) is 26.8 Å². The van der Waals surface area contributed by atoms with E-state index in [2.05, 4.69) is 0 Å². The molecule has 0 aliphatic heterocycles. The Hall–Kier alpha value is -1.76. The van der Waals surface area contributed by atoms with Crippen LogP contribution in [-0.2, 0) is 0 Å². The number of hydrogen-bond acceptors (Lipinski definition) is 4. The highest BCUT2D eigenvalue weighted by atomic mass is 19.2. The summed E-state index contributed by atoms with van der Waals surface area (Å²) in [7, 11) is 0. The summed E-state index contributed by atoms with van der Waals surface area (Å²) >= 11 is 0. The van der Waals surface area contributed by atoms with Crippen molar-refractivity contribution in [2.45, 2.75) is 26.4 Å². The van der Waals surface area contributed by atoms with Crippen LogP contribution in [0.1, 0.15) is 20.8 Å². The smallest absolute Gasteiger partial charge is 0.295 e. The number of anilines is 1. The van der Waals surface area contributed by atoms with E-state index >= 15 is 0 Å². The highest BCUT2D eigenvalue weighted by Gasteiger charge is 2.28. The van der Waals surface area contributed by atoms with Gasteiger partial charge in [0.05, 0.1) is 10.5 Å². The maximum atomic E-state index is 13.8. The Morgan fingerprint density at radius 2 is 2.00 bits per heavy atom. The van der Waals surface area contributed by atoms with Crippen LogP contribution >= 0.6 is 0 Å². The maximum Gasteiger partial charge on any atom is 0.295 e. The van der Waals surface area contributed by atoms with Crippen molar-refractivity contribution in [1.82, 2.24) is 0 Å². The molecule has 106 valence electrons. The lowest BCUT2D eigenvalue weighted by Gasteiger charge is -2.29. The average molecular weight is 274 g/mol. The standard InChI is InChI=1S/C12H16F2N2O3/c1-4-15(7-12(2,3)17)11-9(16(18)19)6-5-8(13)10(11)14/h5-6,17H,4,7H2,1-3H3. The third-order valence-electron chi connectivity index (χ3n) is 2.52. The summed E-state index contributed by atoms with van der Waals surface area (Å²) in [5, 5.41) is 20.6. The summed E-state index contributed by atoms with van der Waals surface area (Å²) in [6, 6.07) is 1.63. The first-order valence-electron chi connectivity index (χ1n) is 5.77. The van der Waals surface area contributed by atoms with Gasteiger partial charge in [0.1, 0.15) is 0 Å². The fourth-order valence-electron chi connectivity index (χ4n) is 1.79. The third-order valence-corrected chi connectivity index (χ3v) is 2.52. The van der Waals surface area contributed by atoms with Crippen molar-refractivity contribution in [3.8, 4) is 0 Å². The molecule has 0 amide bonds. The van der Waals surface area contributed by atoms with Crippen LogP contribution in [0, 0.1) is 21.7 Å². The van der Waals surface area contributed by atoms with E-state index in [0.29, 0.717) is 0 Å². The van der Waals surface area contributed by atoms with Crippen LogP contribution in [-0.4, -0.2) is 28.7 Å². The fraction of sp³-hybridized carbons (Fsp3) is 0.500. The van der Waals surface area contributed by atoms with Gasteiger partial charge in [0.15, 0.2) is 17.3 Å². The van der Waals surface area contributed by atoms with Gasteiger partial charge in [-0.25, -0.2) is 8.78 Å². The van der Waals surface area contributed by atoms with Gasteiger partial charge in [0, 0.05) is 19.2 Å². The number of benzene rings is 1. The number of rotatable bonds is 5. The quantitative estimate of drug-likeness (QED) is 0.661. The molecule has 1 rings (SSSR count). The van der Waals surface area contributed by atoms with Gasteiger partial charge in [-0.15, -0.1) is 0 Å². The number of halogens is 2. The summed E-state index contributed by atoms with van der Waals surface area (Å²) in [6.45, 7) is 4.76. The molecular formula is C12H16F2N2O3. The molecule has 0 atom stereocenters. The van der Waals surface area contributed by atoms with Crippen LogP contribution in [0.15, 0.2) is 12.1 Å². The normalized spacial score (nSPS) is 11.5. The summed E-state index contributed by atoms with van der Waals surface area (Å²) in [6.07, 6.45) is 0. The zero-order chi connectivity index (χ0) is 14.8. The van der Waals surface area contributed by atoms with Crippen molar-refractivity contribution in [2.24, 2.45) is 0 Å². The Morgan fingerprint density at radius 1 is 1.42 bits per heavy atom. The molecule has 0 aromatic heterocycles. The fourth-order valence-corrected chi connectivity index (χ4v) is 1.79. The Morgan fingerprint density at radius 3 is 2.42 bits per heavy atom. The van der Waals surface area contributed by atoms with E-state index in [9.17, 15) is 24.0 Å². The van der Waals surface area contributed by atoms with E-state index < -0.39 is 33.5 Å². The van der Waals surface area contributed by atoms with Crippen LogP contribution in [0.25, 0.3) is 0 Å². The first-order chi connectivity index (χ1) is 8.67. The van der Waals surface area contributed by atoms with Crippen LogP contribution in [0.4, 0.5) is 20.2 Å². The largest absolute Gasteiger partial charge is 0.389 e. The van der Waals surface area contributed by atoms with E-state index in [0.717, 1.165) is 12.1 Å². The molecule has 0 heterocycles. The molecule has 0 saturated carbocycles. The molecule has 0 saturated heterocycles. The predicted octanol–water partition coefficient (Wildman–Crippen LogP) is 2.47. The van der Waals surface area contributed by atoms with E-state index in [1.165, 1.54) is 18.7 Å². The van der Waals surface area contributed by atoms with Crippen molar-refractivity contribution in [2.75, 3.05) is 18.0 Å². The zero-order valence-electron chi connectivity index (χ0n) is 11.0. The first-order valence-corrected chi connectivity index (χ1v) is 5.77. The number of hydrogen-bond donors (Lipinski definition) is 1. The molecular weight excluding hydrogens is 258 g/mol. The molecule has 0 spiro atoms. The van der Waals surface area contributed by atoms with Gasteiger partial charge in [-0.3, -0.25) is 10.1 Å². The zero-order valence-corrected chi connectivity index (χ0v) is 11.0. The summed E-state index contributed by atoms with van der Waals surface area (Å²) < 4.78 is 27.1. The molecule has 1 aromatic rings. The Labute approximate surface area is 109 Å². The molecule has 0 bridgehead atoms. The van der Waals surface area contributed by atoms with Gasteiger partial charge in [-0.1, -0.05) is 0 Å². The van der Waals surface area contributed by atoms with Gasteiger partial charge in [0.2, 0.25) is 0 Å². The van der Waals surface area contributed by atoms with Crippen molar-refractivity contribution >= 4 is 11.4 Å². The van der Waals surface area contributed by atoms with Crippen molar-refractivity contribution in [1.29, 1.82) is 0 Å². The van der Waals surface area contributed by atoms with Crippen LogP contribution < -0.4 is 4.90 Å². The van der Waals surface area contributed by atoms with Gasteiger partial charge < -0.3 is 10.0 Å². The average Bonchev–Trinajstić information content (AvgIpc) is 2.28. The van der Waals surface area contributed by atoms with Crippen LogP contribution in [0.2, 0.25) is 0 Å². The monoisotopic (exact) mass is 274 g/mol. The molecule has 7 heteroatoms. The highest BCUT2D eigenvalue weighted by molar-refractivity contribution is 5.64. The molecule has 1 aromatic carbocycles. The Kier molecular flexibility index (Phi) is 4.41. The second-order valence-electron chi connectivity index (χ2n) is 4.81. The first kappa shape index (κ1) is 15.3. The van der Waals surface area contributed by atoms with E-state index in [-0.39, 0.29) is 13.1 Å². The van der Waals surface area contributed by atoms with Crippen molar-refractivity contribution < 1.29 is 18.8 Å². The number of nitrogens with zero attached hydrogens (tertiary/aromatic N) is 2. The summed E-state index contributed by atoms with van der Waals surface area (Å²) in [5.41, 5.74) is -2.15. The van der Waals surface area contributed by atoms with Gasteiger partial charge in [-0.2, -0.15) is 0 Å². The molecule has 5 nitrogen and oxygen atoms in total. The molecule has 19 heavy (non-hydrogen) atoms. The topological polar surface area (TPSA) is 66.6 Å². The second-order valence-corrected chi connectivity index (χ2v) is 4.81. The predicted molar refractivity (Wildman–Crippen MR) is 67.2 cm³/mol. The minimum absolute atomic E-state index is 0.0509. The van der Waals surface area contributed by atoms with Crippen LogP contribution in [0.5, 0.6) is 0 Å². The molecule has 0 radical (unpaired) electrons. The third kappa shape index (κ3) is 3.60. The highest BCUT2D eigenvalue weighted by Crippen LogP contribution is 2.33. The van der Waals surface area contributed by atoms with E-state index in [1.807, 2.05) is 0 Å². The number of aliphatic hydroxyl groups is 1. The van der Waals surface area contributed by atoms with E-state index in [4.69, 9.17) is 0 Å². The minimum Gasteiger partial charge on any atom is -0.389 e.